The molecule has 1 aromatic carbocycles. The number of aliphatic imine (C=N–C) groups is 1. The first-order valence-electron chi connectivity index (χ1n) is 11.5. The van der Waals surface area contributed by atoms with Crippen LogP contribution in [0.1, 0.15) is 47.4 Å². The number of sulfone groups is 1. The highest BCUT2D eigenvalue weighted by molar-refractivity contribution is 7.94. The third-order valence-corrected chi connectivity index (χ3v) is 10.4. The number of hydrogen-bond donors (Lipinski definition) is 0. The molecule has 6 rings (SSSR count). The van der Waals surface area contributed by atoms with Crippen LogP contribution in [0, 0.1) is 13.8 Å². The minimum atomic E-state index is -3.08. The van der Waals surface area contributed by atoms with Crippen LogP contribution in [0.3, 0.4) is 0 Å². The lowest BCUT2D eigenvalue weighted by molar-refractivity contribution is -0.137. The summed E-state index contributed by atoms with van der Waals surface area (Å²) in [6.07, 6.45) is 2.74. The fourth-order valence-electron chi connectivity index (χ4n) is 5.34. The number of carbonyl (C=O) groups excluding carboxylic acids is 1. The topological polar surface area (TPSA) is 102 Å². The van der Waals surface area contributed by atoms with E-state index in [1.807, 2.05) is 60.5 Å². The Balaban J connectivity index is 1.42. The smallest absolute Gasteiger partial charge is 0.225 e. The first kappa shape index (κ1) is 22.5. The number of carbonyl (C=O) groups is 1. The Bertz CT molecular complexity index is 1510. The van der Waals surface area contributed by atoms with E-state index >= 15 is 0 Å². The third-order valence-electron chi connectivity index (χ3n) is 7.66. The lowest BCUT2D eigenvalue weighted by Crippen LogP contribution is -2.72. The molecule has 2 aromatic heterocycles. The standard InChI is InChI=1S/C24H25ClN6O3S/c1-14-21-19(11-29(14)3)31-15(2)27-28-23(31)18(26-22(21)16-4-6-17(25)7-5-16)10-20(32)30-12-24(13-30)8-9-35(24,33)34/h4-7,11,18H,8-10,12-13H2,1-3H3. The van der Waals surface area contributed by atoms with E-state index < -0.39 is 20.6 Å². The maximum atomic E-state index is 13.3. The fraction of sp³-hybridized carbons (Fsp3) is 0.417. The number of rotatable bonds is 3. The molecule has 9 nitrogen and oxygen atoms in total. The van der Waals surface area contributed by atoms with Crippen molar-refractivity contribution in [3.05, 3.63) is 64.0 Å². The molecule has 0 saturated carbocycles. The second-order valence-corrected chi connectivity index (χ2v) is 12.7. The van der Waals surface area contributed by atoms with E-state index in [9.17, 15) is 13.2 Å². The molecular weight excluding hydrogens is 488 g/mol. The number of amides is 1. The van der Waals surface area contributed by atoms with E-state index in [0.29, 0.717) is 23.1 Å². The SMILES string of the molecule is Cc1c2c(cn1C)-n1c(C)nnc1C(CC(=O)N1CC3(CCS3(=O)=O)C1)N=C2c1ccc(Cl)cc1. The molecule has 0 N–H and O–H groups in total. The molecule has 35 heavy (non-hydrogen) atoms. The maximum absolute atomic E-state index is 13.3. The third kappa shape index (κ3) is 3.22. The van der Waals surface area contributed by atoms with Crippen LogP contribution in [-0.4, -0.2) is 67.9 Å². The molecule has 1 spiro atoms. The quantitative estimate of drug-likeness (QED) is 0.536. The fourth-order valence-corrected chi connectivity index (χ4v) is 7.28. The summed E-state index contributed by atoms with van der Waals surface area (Å²) in [5.41, 5.74) is 4.55. The number of likely N-dealkylation sites (tertiary alicyclic amines) is 1. The minimum absolute atomic E-state index is 0.0841. The van der Waals surface area contributed by atoms with Gasteiger partial charge < -0.3 is 9.47 Å². The van der Waals surface area contributed by atoms with Gasteiger partial charge in [-0.15, -0.1) is 10.2 Å². The van der Waals surface area contributed by atoms with Crippen LogP contribution in [0.15, 0.2) is 35.5 Å². The summed E-state index contributed by atoms with van der Waals surface area (Å²) in [5.74, 6) is 1.39. The van der Waals surface area contributed by atoms with Crippen LogP contribution in [0.4, 0.5) is 0 Å². The molecule has 3 aromatic rings. The molecule has 0 radical (unpaired) electrons. The monoisotopic (exact) mass is 512 g/mol. The van der Waals surface area contributed by atoms with Crippen LogP contribution in [0.5, 0.6) is 0 Å². The molecule has 5 heterocycles. The molecule has 3 aliphatic heterocycles. The zero-order valence-electron chi connectivity index (χ0n) is 19.7. The molecule has 0 aliphatic carbocycles. The highest BCUT2D eigenvalue weighted by Gasteiger charge is 2.60. The Morgan fingerprint density at radius 3 is 2.51 bits per heavy atom. The number of nitrogens with zero attached hydrogens (tertiary/aromatic N) is 6. The molecule has 2 saturated heterocycles. The summed E-state index contributed by atoms with van der Waals surface area (Å²) in [7, 11) is -1.10. The van der Waals surface area contributed by atoms with Gasteiger partial charge in [0.05, 0.1) is 23.6 Å². The predicted molar refractivity (Wildman–Crippen MR) is 132 cm³/mol. The lowest BCUT2D eigenvalue weighted by Gasteiger charge is -2.54. The van der Waals surface area contributed by atoms with E-state index in [1.165, 1.54) is 0 Å². The summed E-state index contributed by atoms with van der Waals surface area (Å²) in [4.78, 5) is 20.0. The van der Waals surface area contributed by atoms with Gasteiger partial charge in [-0.2, -0.15) is 0 Å². The lowest BCUT2D eigenvalue weighted by atomic mass is 9.94. The van der Waals surface area contributed by atoms with Gasteiger partial charge >= 0.3 is 0 Å². The normalized spacial score (nSPS) is 21.4. The molecule has 11 heteroatoms. The van der Waals surface area contributed by atoms with Crippen molar-refractivity contribution in [1.29, 1.82) is 0 Å². The maximum Gasteiger partial charge on any atom is 0.225 e. The van der Waals surface area contributed by atoms with Crippen LogP contribution in [-0.2, 0) is 21.7 Å². The van der Waals surface area contributed by atoms with Gasteiger partial charge in [-0.1, -0.05) is 23.7 Å². The number of halogens is 1. The van der Waals surface area contributed by atoms with Gasteiger partial charge in [0.15, 0.2) is 15.7 Å². The zero-order valence-corrected chi connectivity index (χ0v) is 21.3. The summed E-state index contributed by atoms with van der Waals surface area (Å²) in [6.45, 7) is 4.45. The van der Waals surface area contributed by atoms with E-state index in [-0.39, 0.29) is 31.2 Å². The van der Waals surface area contributed by atoms with Crippen molar-refractivity contribution >= 4 is 33.1 Å². The number of fused-ring (bicyclic) bond motifs is 3. The first-order valence-corrected chi connectivity index (χ1v) is 13.6. The average Bonchev–Trinajstić information content (AvgIpc) is 3.25. The zero-order chi connectivity index (χ0) is 24.7. The summed E-state index contributed by atoms with van der Waals surface area (Å²) < 4.78 is 27.6. The Morgan fingerprint density at radius 2 is 1.89 bits per heavy atom. The molecule has 1 atom stereocenters. The number of aryl methyl sites for hydroxylation is 2. The summed E-state index contributed by atoms with van der Waals surface area (Å²) in [5, 5.41) is 9.35. The van der Waals surface area contributed by atoms with Gasteiger partial charge in [0, 0.05) is 48.2 Å². The second kappa shape index (κ2) is 7.51. The van der Waals surface area contributed by atoms with Crippen LogP contribution >= 0.6 is 11.6 Å². The van der Waals surface area contributed by atoms with Gasteiger partial charge in [0.2, 0.25) is 5.91 Å². The molecule has 182 valence electrons. The molecular formula is C24H25ClN6O3S. The molecule has 3 aliphatic rings. The predicted octanol–water partition coefficient (Wildman–Crippen LogP) is 2.56. The summed E-state index contributed by atoms with van der Waals surface area (Å²) >= 11 is 6.15. The van der Waals surface area contributed by atoms with Crippen molar-refractivity contribution < 1.29 is 13.2 Å². The van der Waals surface area contributed by atoms with E-state index in [1.54, 1.807) is 4.90 Å². The molecule has 1 unspecified atom stereocenters. The Labute approximate surface area is 208 Å². The molecule has 2 fully saturated rings. The Hall–Kier alpha value is -2.98. The van der Waals surface area contributed by atoms with Crippen LogP contribution in [0.2, 0.25) is 5.02 Å². The van der Waals surface area contributed by atoms with E-state index in [0.717, 1.165) is 28.2 Å². The minimum Gasteiger partial charge on any atom is -0.352 e. The van der Waals surface area contributed by atoms with Crippen molar-refractivity contribution in [3.8, 4) is 5.69 Å². The number of aromatic nitrogens is 4. The van der Waals surface area contributed by atoms with Crippen molar-refractivity contribution in [2.45, 2.75) is 37.5 Å². The van der Waals surface area contributed by atoms with Gasteiger partial charge in [0.1, 0.15) is 16.6 Å². The van der Waals surface area contributed by atoms with E-state index in [2.05, 4.69) is 10.2 Å². The van der Waals surface area contributed by atoms with Crippen molar-refractivity contribution in [1.82, 2.24) is 24.2 Å². The molecule has 1 amide bonds. The van der Waals surface area contributed by atoms with Gasteiger partial charge in [-0.3, -0.25) is 14.4 Å². The number of hydrogen-bond acceptors (Lipinski definition) is 6. The van der Waals surface area contributed by atoms with Crippen LogP contribution in [0.25, 0.3) is 5.69 Å². The van der Waals surface area contributed by atoms with Crippen molar-refractivity contribution in [2.75, 3.05) is 18.8 Å². The van der Waals surface area contributed by atoms with E-state index in [4.69, 9.17) is 16.6 Å². The van der Waals surface area contributed by atoms with Gasteiger partial charge in [0.25, 0.3) is 0 Å². The first-order chi connectivity index (χ1) is 16.6. The molecule has 0 bridgehead atoms. The van der Waals surface area contributed by atoms with Gasteiger partial charge in [-0.25, -0.2) is 8.42 Å². The van der Waals surface area contributed by atoms with Crippen molar-refractivity contribution in [2.24, 2.45) is 12.0 Å². The number of benzene rings is 1. The van der Waals surface area contributed by atoms with Gasteiger partial charge in [-0.05, 0) is 32.4 Å². The Morgan fingerprint density at radius 1 is 1.17 bits per heavy atom. The Kier molecular flexibility index (Phi) is 4.82. The van der Waals surface area contributed by atoms with Crippen LogP contribution < -0.4 is 0 Å². The largest absolute Gasteiger partial charge is 0.352 e. The highest BCUT2D eigenvalue weighted by atomic mass is 35.5. The average molecular weight is 513 g/mol. The van der Waals surface area contributed by atoms with Crippen molar-refractivity contribution in [3.63, 3.8) is 0 Å². The summed E-state index contributed by atoms with van der Waals surface area (Å²) in [6, 6.07) is 6.94. The second-order valence-electron chi connectivity index (χ2n) is 9.73. The highest BCUT2D eigenvalue weighted by Crippen LogP contribution is 2.43.